The van der Waals surface area contributed by atoms with Crippen molar-refractivity contribution >= 4 is 22.6 Å². The van der Waals surface area contributed by atoms with Gasteiger partial charge < -0.3 is 0 Å². The molecule has 0 bridgehead atoms. The van der Waals surface area contributed by atoms with Crippen LogP contribution >= 0.6 is 0 Å². The summed E-state index contributed by atoms with van der Waals surface area (Å²) in [6.45, 7) is 3.74. The standard InChI is InChI=1S/C20H16O/c1-2-15-10-12-16(13-11-15)14-20(21)19-9-5-7-17-6-3-4-8-18(17)19/h2-13H,1,14H2. The van der Waals surface area contributed by atoms with Gasteiger partial charge in [-0.3, -0.25) is 4.79 Å². The van der Waals surface area contributed by atoms with Crippen LogP contribution in [0.4, 0.5) is 0 Å². The summed E-state index contributed by atoms with van der Waals surface area (Å²) in [5.41, 5.74) is 2.88. The van der Waals surface area contributed by atoms with Crippen LogP contribution in [0.15, 0.2) is 73.3 Å². The van der Waals surface area contributed by atoms with E-state index < -0.39 is 0 Å². The number of hydrogen-bond acceptors (Lipinski definition) is 1. The number of benzene rings is 3. The SMILES string of the molecule is C=Cc1ccc(CC(=O)c2cccc3ccccc23)cc1. The third-order valence-electron chi connectivity index (χ3n) is 3.67. The Bertz CT molecular complexity index is 792. The molecule has 3 aromatic carbocycles. The molecule has 1 nitrogen and oxygen atoms in total. The normalized spacial score (nSPS) is 10.5. The van der Waals surface area contributed by atoms with E-state index in [2.05, 4.69) is 6.58 Å². The van der Waals surface area contributed by atoms with Crippen molar-refractivity contribution in [2.45, 2.75) is 6.42 Å². The van der Waals surface area contributed by atoms with Crippen molar-refractivity contribution in [2.75, 3.05) is 0 Å². The van der Waals surface area contributed by atoms with Gasteiger partial charge in [0.1, 0.15) is 0 Å². The maximum absolute atomic E-state index is 12.6. The van der Waals surface area contributed by atoms with E-state index in [-0.39, 0.29) is 5.78 Å². The second kappa shape index (κ2) is 5.76. The van der Waals surface area contributed by atoms with E-state index in [4.69, 9.17) is 0 Å². The van der Waals surface area contributed by atoms with Gasteiger partial charge in [0, 0.05) is 12.0 Å². The third-order valence-corrected chi connectivity index (χ3v) is 3.67. The molecule has 3 rings (SSSR count). The second-order valence-electron chi connectivity index (χ2n) is 5.07. The molecule has 0 aliphatic rings. The van der Waals surface area contributed by atoms with Gasteiger partial charge in [-0.15, -0.1) is 0 Å². The summed E-state index contributed by atoms with van der Waals surface area (Å²) < 4.78 is 0. The molecule has 3 aromatic rings. The molecule has 0 heterocycles. The summed E-state index contributed by atoms with van der Waals surface area (Å²) in [5.74, 6) is 0.151. The molecule has 0 atom stereocenters. The summed E-state index contributed by atoms with van der Waals surface area (Å²) in [7, 11) is 0. The zero-order valence-corrected chi connectivity index (χ0v) is 11.8. The predicted molar refractivity (Wildman–Crippen MR) is 88.5 cm³/mol. The number of hydrogen-bond donors (Lipinski definition) is 0. The Morgan fingerprint density at radius 1 is 0.905 bits per heavy atom. The van der Waals surface area contributed by atoms with Crippen LogP contribution in [-0.2, 0) is 6.42 Å². The quantitative estimate of drug-likeness (QED) is 0.617. The summed E-state index contributed by atoms with van der Waals surface area (Å²) in [5, 5.41) is 2.12. The van der Waals surface area contributed by atoms with Crippen LogP contribution < -0.4 is 0 Å². The van der Waals surface area contributed by atoms with Gasteiger partial charge in [0.25, 0.3) is 0 Å². The first-order valence-electron chi connectivity index (χ1n) is 7.00. The van der Waals surface area contributed by atoms with Crippen LogP contribution in [-0.4, -0.2) is 5.78 Å². The highest BCUT2D eigenvalue weighted by Gasteiger charge is 2.10. The van der Waals surface area contributed by atoms with E-state index in [0.29, 0.717) is 6.42 Å². The first kappa shape index (κ1) is 13.3. The molecule has 0 amide bonds. The highest BCUT2D eigenvalue weighted by atomic mass is 16.1. The van der Waals surface area contributed by atoms with Gasteiger partial charge in [0.05, 0.1) is 0 Å². The number of carbonyl (C=O) groups excluding carboxylic acids is 1. The lowest BCUT2D eigenvalue weighted by atomic mass is 9.97. The second-order valence-corrected chi connectivity index (χ2v) is 5.07. The molecule has 0 N–H and O–H groups in total. The zero-order chi connectivity index (χ0) is 14.7. The van der Waals surface area contributed by atoms with E-state index in [0.717, 1.165) is 27.5 Å². The summed E-state index contributed by atoms with van der Waals surface area (Å²) in [4.78, 5) is 12.6. The van der Waals surface area contributed by atoms with Crippen molar-refractivity contribution in [3.63, 3.8) is 0 Å². The fourth-order valence-corrected chi connectivity index (χ4v) is 2.52. The Morgan fingerprint density at radius 3 is 2.38 bits per heavy atom. The molecule has 0 spiro atoms. The molecule has 1 heteroatoms. The Labute approximate surface area is 124 Å². The van der Waals surface area contributed by atoms with E-state index in [1.807, 2.05) is 66.7 Å². The highest BCUT2D eigenvalue weighted by molar-refractivity contribution is 6.08. The Morgan fingerprint density at radius 2 is 1.62 bits per heavy atom. The predicted octanol–water partition coefficient (Wildman–Crippen LogP) is 4.91. The Balaban J connectivity index is 1.91. The van der Waals surface area contributed by atoms with Gasteiger partial charge >= 0.3 is 0 Å². The number of fused-ring (bicyclic) bond motifs is 1. The maximum Gasteiger partial charge on any atom is 0.167 e. The average molecular weight is 272 g/mol. The molecule has 102 valence electrons. The molecule has 0 aromatic heterocycles. The van der Waals surface area contributed by atoms with Crippen molar-refractivity contribution < 1.29 is 4.79 Å². The van der Waals surface area contributed by atoms with Gasteiger partial charge in [0.15, 0.2) is 5.78 Å². The largest absolute Gasteiger partial charge is 0.294 e. The monoisotopic (exact) mass is 272 g/mol. The highest BCUT2D eigenvalue weighted by Crippen LogP contribution is 2.20. The molecule has 0 saturated heterocycles. The lowest BCUT2D eigenvalue weighted by molar-refractivity contribution is 0.0994. The average Bonchev–Trinajstić information content (AvgIpc) is 2.55. The molecule has 21 heavy (non-hydrogen) atoms. The topological polar surface area (TPSA) is 17.1 Å². The molecular formula is C20H16O. The maximum atomic E-state index is 12.6. The molecule has 0 saturated carbocycles. The van der Waals surface area contributed by atoms with Gasteiger partial charge in [-0.2, -0.15) is 0 Å². The third kappa shape index (κ3) is 2.77. The van der Waals surface area contributed by atoms with E-state index in [1.165, 1.54) is 0 Å². The van der Waals surface area contributed by atoms with E-state index >= 15 is 0 Å². The lowest BCUT2D eigenvalue weighted by Gasteiger charge is -2.06. The van der Waals surface area contributed by atoms with Crippen molar-refractivity contribution in [1.82, 2.24) is 0 Å². The van der Waals surface area contributed by atoms with Gasteiger partial charge in [-0.25, -0.2) is 0 Å². The minimum absolute atomic E-state index is 0.151. The van der Waals surface area contributed by atoms with Crippen LogP contribution in [0.1, 0.15) is 21.5 Å². The zero-order valence-electron chi connectivity index (χ0n) is 11.8. The van der Waals surface area contributed by atoms with Gasteiger partial charge in [-0.05, 0) is 21.9 Å². The van der Waals surface area contributed by atoms with Crippen molar-refractivity contribution in [2.24, 2.45) is 0 Å². The molecule has 0 radical (unpaired) electrons. The number of rotatable bonds is 4. The Hall–Kier alpha value is -2.67. The van der Waals surface area contributed by atoms with Gasteiger partial charge in [-0.1, -0.05) is 79.4 Å². The minimum atomic E-state index is 0.151. The Kier molecular flexibility index (Phi) is 3.65. The number of carbonyl (C=O) groups is 1. The molecular weight excluding hydrogens is 256 g/mol. The minimum Gasteiger partial charge on any atom is -0.294 e. The first-order valence-corrected chi connectivity index (χ1v) is 7.00. The van der Waals surface area contributed by atoms with E-state index in [9.17, 15) is 4.79 Å². The van der Waals surface area contributed by atoms with Crippen molar-refractivity contribution in [3.8, 4) is 0 Å². The van der Waals surface area contributed by atoms with Crippen molar-refractivity contribution in [3.05, 3.63) is 90.0 Å². The fraction of sp³-hybridized carbons (Fsp3) is 0.0500. The number of Topliss-reactive ketones (excluding diaryl/α,β-unsaturated/α-hetero) is 1. The van der Waals surface area contributed by atoms with Crippen LogP contribution in [0.5, 0.6) is 0 Å². The molecule has 0 aliphatic heterocycles. The lowest BCUT2D eigenvalue weighted by Crippen LogP contribution is -2.04. The summed E-state index contributed by atoms with van der Waals surface area (Å²) >= 11 is 0. The summed E-state index contributed by atoms with van der Waals surface area (Å²) in [6, 6.07) is 21.8. The summed E-state index contributed by atoms with van der Waals surface area (Å²) in [6.07, 6.45) is 2.22. The number of ketones is 1. The first-order chi connectivity index (χ1) is 10.3. The molecule has 0 unspecified atom stereocenters. The molecule has 0 aliphatic carbocycles. The van der Waals surface area contributed by atoms with E-state index in [1.54, 1.807) is 6.08 Å². The molecule has 0 fully saturated rings. The van der Waals surface area contributed by atoms with Crippen LogP contribution in [0.2, 0.25) is 0 Å². The van der Waals surface area contributed by atoms with Crippen LogP contribution in [0.3, 0.4) is 0 Å². The smallest absolute Gasteiger partial charge is 0.167 e. The fourth-order valence-electron chi connectivity index (χ4n) is 2.52. The van der Waals surface area contributed by atoms with Crippen LogP contribution in [0, 0.1) is 0 Å². The van der Waals surface area contributed by atoms with Gasteiger partial charge in [0.2, 0.25) is 0 Å². The van der Waals surface area contributed by atoms with Crippen LogP contribution in [0.25, 0.3) is 16.8 Å². The van der Waals surface area contributed by atoms with Crippen molar-refractivity contribution in [1.29, 1.82) is 0 Å².